The van der Waals surface area contributed by atoms with Gasteiger partial charge in [0, 0.05) is 43.5 Å². The Hall–Kier alpha value is -4.02. The number of benzene rings is 1. The fourth-order valence-corrected chi connectivity index (χ4v) is 11.2. The number of imide groups is 2. The molecule has 11 nitrogen and oxygen atoms in total. The van der Waals surface area contributed by atoms with Gasteiger partial charge in [-0.2, -0.15) is 5.10 Å². The lowest BCUT2D eigenvalue weighted by Crippen LogP contribution is -3.07. The number of piperidine rings is 2. The summed E-state index contributed by atoms with van der Waals surface area (Å²) in [5, 5.41) is 10.2. The van der Waals surface area contributed by atoms with E-state index in [4.69, 9.17) is 5.10 Å². The third kappa shape index (κ3) is 2.55. The summed E-state index contributed by atoms with van der Waals surface area (Å²) < 4.78 is 2.02. The number of aromatic nitrogens is 2. The number of anilines is 1. The minimum Gasteiger partial charge on any atom is -0.380 e. The summed E-state index contributed by atoms with van der Waals surface area (Å²) in [6, 6.07) is 4.05. The van der Waals surface area contributed by atoms with Crippen LogP contribution >= 0.6 is 0 Å². The summed E-state index contributed by atoms with van der Waals surface area (Å²) in [4.78, 5) is 67.3. The van der Waals surface area contributed by atoms with Gasteiger partial charge in [0.1, 0.15) is 6.04 Å². The van der Waals surface area contributed by atoms with E-state index in [2.05, 4.69) is 22.5 Å². The van der Waals surface area contributed by atoms with Gasteiger partial charge >= 0.3 is 0 Å². The van der Waals surface area contributed by atoms with Crippen LogP contribution in [0.1, 0.15) is 58.9 Å². The van der Waals surface area contributed by atoms with E-state index in [0.717, 1.165) is 77.8 Å². The lowest BCUT2D eigenvalue weighted by molar-refractivity contribution is -0.597. The van der Waals surface area contributed by atoms with Gasteiger partial charge in [-0.05, 0) is 79.7 Å². The van der Waals surface area contributed by atoms with Crippen molar-refractivity contribution in [3.8, 4) is 0 Å². The zero-order valence-corrected chi connectivity index (χ0v) is 23.8. The fraction of sp³-hybridized carbons (Fsp3) is 0.562. The SMILES string of the molecule is CC1(n2cc(CNc3cccc4c3C(=O)N(C3CCC(=O)NC3=O)C4=O)cn2)CCN(C(=O)C23C4C5C6C4C2C6C53)CC1. The maximum atomic E-state index is 13.6. The first-order valence-electron chi connectivity index (χ1n) is 15.7. The van der Waals surface area contributed by atoms with E-state index in [1.54, 1.807) is 18.2 Å². The average molecular weight is 581 g/mol. The zero-order chi connectivity index (χ0) is 29.2. The Morgan fingerprint density at radius 2 is 1.74 bits per heavy atom. The molecule has 6 aliphatic carbocycles. The van der Waals surface area contributed by atoms with E-state index in [1.165, 1.54) is 0 Å². The standard InChI is InChI=1S/C32H32N6O5/c1-31(7-9-36(10-8-31)30(43)32-24-21-20-22(24)26(32)23(20)25(21)32)37-13-14(12-34-37)11-33-16-4-2-3-15-19(16)29(42)38(28(15)41)17-5-6-18(39)35-27(17)40/h2-4,12-13,17,20-26,33H,5-11H2,1H3,(H,35,39,40). The summed E-state index contributed by atoms with van der Waals surface area (Å²) in [6.07, 6.45) is 5.76. The van der Waals surface area contributed by atoms with Crippen LogP contribution in [0, 0.1) is 46.8 Å². The molecular formula is C32H32N6O5. The molecule has 0 spiro atoms. The van der Waals surface area contributed by atoms with Crippen molar-refractivity contribution in [2.24, 2.45) is 46.8 Å². The Morgan fingerprint density at radius 3 is 2.44 bits per heavy atom. The Balaban J connectivity index is 0.806. The number of likely N-dealkylation sites (tertiary alicyclic amines) is 1. The van der Waals surface area contributed by atoms with Crippen LogP contribution in [0.3, 0.4) is 0 Å². The highest BCUT2D eigenvalue weighted by atomic mass is 16.2. The summed E-state index contributed by atoms with van der Waals surface area (Å²) >= 11 is 0. The molecule has 8 fully saturated rings. The van der Waals surface area contributed by atoms with Crippen LogP contribution in [0.2, 0.25) is 0 Å². The van der Waals surface area contributed by atoms with E-state index in [1.807, 2.05) is 17.1 Å². The topological polar surface area (TPSA) is 134 Å². The largest absolute Gasteiger partial charge is 0.380 e. The quantitative estimate of drug-likeness (QED) is 0.496. The lowest BCUT2D eigenvalue weighted by atomic mass is 8.96. The molecule has 0 radical (unpaired) electrons. The normalized spacial score (nSPS) is 39.9. The van der Waals surface area contributed by atoms with Gasteiger partial charge in [-0.3, -0.25) is 38.9 Å². The van der Waals surface area contributed by atoms with Crippen LogP contribution in [0.15, 0.2) is 30.6 Å². The molecule has 9 aliphatic rings. The number of hydrogen-bond donors (Lipinski definition) is 2. The van der Waals surface area contributed by atoms with Gasteiger partial charge in [0.15, 0.2) is 0 Å². The smallest absolute Gasteiger partial charge is 0.264 e. The lowest BCUT2D eigenvalue weighted by Gasteiger charge is -3.06. The third-order valence-corrected chi connectivity index (χ3v) is 13.1. The van der Waals surface area contributed by atoms with Crippen LogP contribution in [0.4, 0.5) is 5.69 Å². The Morgan fingerprint density at radius 1 is 1.02 bits per heavy atom. The molecule has 6 saturated carbocycles. The van der Waals surface area contributed by atoms with Gasteiger partial charge in [-0.1, -0.05) is 6.07 Å². The van der Waals surface area contributed by atoms with Crippen molar-refractivity contribution in [2.45, 2.75) is 50.7 Å². The number of nitrogens with zero attached hydrogens (tertiary/aromatic N) is 4. The van der Waals surface area contributed by atoms with Crippen LogP contribution < -0.4 is 10.6 Å². The van der Waals surface area contributed by atoms with Crippen molar-refractivity contribution in [2.75, 3.05) is 18.4 Å². The molecule has 1 aromatic heterocycles. The van der Waals surface area contributed by atoms with Crippen LogP contribution in [0.5, 0.6) is 0 Å². The van der Waals surface area contributed by atoms with Crippen molar-refractivity contribution in [3.63, 3.8) is 0 Å². The highest BCUT2D eigenvalue weighted by molar-refractivity contribution is 6.25. The number of amides is 5. The van der Waals surface area contributed by atoms with E-state index in [0.29, 0.717) is 18.1 Å². The molecule has 0 bridgehead atoms. The fourth-order valence-electron chi connectivity index (χ4n) is 11.2. The summed E-state index contributed by atoms with van der Waals surface area (Å²) in [5.74, 6) is 4.33. The van der Waals surface area contributed by atoms with Crippen LogP contribution in [-0.2, 0) is 26.5 Å². The molecular weight excluding hydrogens is 548 g/mol. The monoisotopic (exact) mass is 580 g/mol. The molecule has 43 heavy (non-hydrogen) atoms. The molecule has 1 aromatic carbocycles. The van der Waals surface area contributed by atoms with Gasteiger partial charge in [-0.15, -0.1) is 0 Å². The van der Waals surface area contributed by atoms with Crippen molar-refractivity contribution in [3.05, 3.63) is 47.3 Å². The number of nitrogens with one attached hydrogen (secondary N) is 2. The van der Waals surface area contributed by atoms with Crippen LogP contribution in [0.25, 0.3) is 0 Å². The molecule has 2 N–H and O–H groups in total. The minimum atomic E-state index is -1.00. The maximum Gasteiger partial charge on any atom is 0.264 e. The molecule has 11 heteroatoms. The number of carbonyl (C=O) groups excluding carboxylic acids is 5. The van der Waals surface area contributed by atoms with Crippen molar-refractivity contribution >= 4 is 35.2 Å². The minimum absolute atomic E-state index is 0.0650. The van der Waals surface area contributed by atoms with E-state index >= 15 is 0 Å². The van der Waals surface area contributed by atoms with E-state index < -0.39 is 29.7 Å². The molecule has 5 amide bonds. The second-order valence-electron chi connectivity index (χ2n) is 14.4. The number of carbonyl (C=O) groups is 5. The maximum absolute atomic E-state index is 13.6. The molecule has 11 rings (SSSR count). The molecule has 2 aromatic rings. The molecule has 1 unspecified atom stereocenters. The molecule has 3 aliphatic heterocycles. The van der Waals surface area contributed by atoms with Crippen molar-refractivity contribution in [1.82, 2.24) is 24.9 Å². The van der Waals surface area contributed by atoms with E-state index in [-0.39, 0.29) is 34.9 Å². The van der Waals surface area contributed by atoms with Gasteiger partial charge in [0.2, 0.25) is 17.7 Å². The molecule has 4 heterocycles. The van der Waals surface area contributed by atoms with Gasteiger partial charge < -0.3 is 10.2 Å². The molecule has 1 atom stereocenters. The number of rotatable bonds is 6. The third-order valence-electron chi connectivity index (χ3n) is 13.1. The van der Waals surface area contributed by atoms with Crippen molar-refractivity contribution in [1.29, 1.82) is 0 Å². The second-order valence-corrected chi connectivity index (χ2v) is 14.4. The first-order valence-corrected chi connectivity index (χ1v) is 15.7. The second kappa shape index (κ2) is 7.54. The predicted molar refractivity (Wildman–Crippen MR) is 149 cm³/mol. The van der Waals surface area contributed by atoms with Gasteiger partial charge in [0.25, 0.3) is 11.8 Å². The van der Waals surface area contributed by atoms with Crippen molar-refractivity contribution < 1.29 is 24.0 Å². The predicted octanol–water partition coefficient (Wildman–Crippen LogP) is 1.60. The highest BCUT2D eigenvalue weighted by Crippen LogP contribution is 3.06. The summed E-state index contributed by atoms with van der Waals surface area (Å²) in [7, 11) is 0. The zero-order valence-electron chi connectivity index (χ0n) is 23.8. The highest BCUT2D eigenvalue weighted by Gasteiger charge is 3.06. The number of fused-ring (bicyclic) bond motifs is 1. The van der Waals surface area contributed by atoms with Crippen LogP contribution in [-0.4, -0.2) is 68.2 Å². The Labute approximate surface area is 247 Å². The average Bonchev–Trinajstić information content (AvgIpc) is 3.60. The molecule has 220 valence electrons. The van der Waals surface area contributed by atoms with E-state index in [9.17, 15) is 24.0 Å². The first kappa shape index (κ1) is 24.4. The molecule has 2 saturated heterocycles. The Kier molecular flexibility index (Phi) is 4.28. The number of hydrogen-bond acceptors (Lipinski definition) is 7. The summed E-state index contributed by atoms with van der Waals surface area (Å²) in [5.41, 5.74) is 1.82. The summed E-state index contributed by atoms with van der Waals surface area (Å²) in [6.45, 7) is 4.15. The Bertz CT molecular complexity index is 1670. The van der Waals surface area contributed by atoms with Gasteiger partial charge in [0.05, 0.1) is 28.3 Å². The van der Waals surface area contributed by atoms with Gasteiger partial charge in [-0.25, -0.2) is 0 Å². The first-order chi connectivity index (χ1) is 20.8.